The number of hydrogen-bond donors (Lipinski definition) is 1. The molecule has 0 fully saturated rings. The van der Waals surface area contributed by atoms with Gasteiger partial charge < -0.3 is 14.6 Å². The summed E-state index contributed by atoms with van der Waals surface area (Å²) in [4.78, 5) is 47.7. The number of ketones is 2. The number of fused-ring (bicyclic) bond motifs is 3. The van der Waals surface area contributed by atoms with Crippen LogP contribution in [0.25, 0.3) is 21.8 Å². The van der Waals surface area contributed by atoms with Crippen molar-refractivity contribution in [3.8, 4) is 0 Å². The Morgan fingerprint density at radius 1 is 0.718 bits per heavy atom. The van der Waals surface area contributed by atoms with Crippen LogP contribution in [0.5, 0.6) is 0 Å². The van der Waals surface area contributed by atoms with E-state index in [9.17, 15) is 19.2 Å². The number of methoxy groups -OCH3 is 1. The summed E-state index contributed by atoms with van der Waals surface area (Å²) in [7, 11) is 1.35. The normalized spacial score (nSPS) is 11.1. The third-order valence-electron chi connectivity index (χ3n) is 7.08. The second kappa shape index (κ2) is 12.5. The number of esters is 1. The predicted octanol–water partition coefficient (Wildman–Crippen LogP) is 6.25. The SMILES string of the molecule is COC(=O)c1ccc(CNC(=O)CCCCCCn2c3ccc(C(C)=O)cc3c3cc(C(C)=O)ccc32)cc1. The summed E-state index contributed by atoms with van der Waals surface area (Å²) < 4.78 is 6.96. The molecule has 1 heterocycles. The molecule has 1 aromatic heterocycles. The number of nitrogens with zero attached hydrogens (tertiary/aromatic N) is 1. The number of carbonyl (C=O) groups is 4. The van der Waals surface area contributed by atoms with Crippen LogP contribution in [0.1, 0.15) is 82.6 Å². The average Bonchev–Trinajstić information content (AvgIpc) is 3.25. The molecule has 0 saturated carbocycles. The number of ether oxygens (including phenoxy) is 1. The average molecular weight is 527 g/mol. The first-order valence-electron chi connectivity index (χ1n) is 13.3. The number of hydrogen-bond acceptors (Lipinski definition) is 5. The van der Waals surface area contributed by atoms with Crippen LogP contribution in [0.3, 0.4) is 0 Å². The van der Waals surface area contributed by atoms with E-state index < -0.39 is 0 Å². The summed E-state index contributed by atoms with van der Waals surface area (Å²) >= 11 is 0. The molecule has 4 rings (SSSR count). The molecule has 0 spiro atoms. The minimum atomic E-state index is -0.382. The van der Waals surface area contributed by atoms with Gasteiger partial charge in [-0.3, -0.25) is 14.4 Å². The van der Waals surface area contributed by atoms with Crippen LogP contribution in [-0.2, 0) is 22.6 Å². The Bertz CT molecular complexity index is 1460. The lowest BCUT2D eigenvalue weighted by Gasteiger charge is -2.09. The van der Waals surface area contributed by atoms with Gasteiger partial charge in [-0.15, -0.1) is 0 Å². The lowest BCUT2D eigenvalue weighted by atomic mass is 10.0. The summed E-state index contributed by atoms with van der Waals surface area (Å²) in [6.07, 6.45) is 4.17. The van der Waals surface area contributed by atoms with Crippen LogP contribution in [0.2, 0.25) is 0 Å². The molecule has 202 valence electrons. The quantitative estimate of drug-likeness (QED) is 0.134. The molecule has 0 aliphatic rings. The Kier molecular flexibility index (Phi) is 8.92. The van der Waals surface area contributed by atoms with Crippen molar-refractivity contribution in [1.29, 1.82) is 0 Å². The molecule has 1 amide bonds. The number of carbonyl (C=O) groups excluding carboxylic acids is 4. The summed E-state index contributed by atoms with van der Waals surface area (Å²) in [6, 6.07) is 18.5. The van der Waals surface area contributed by atoms with Gasteiger partial charge in [0.1, 0.15) is 0 Å². The van der Waals surface area contributed by atoms with Crippen molar-refractivity contribution < 1.29 is 23.9 Å². The molecule has 0 saturated heterocycles. The lowest BCUT2D eigenvalue weighted by Crippen LogP contribution is -2.22. The highest BCUT2D eigenvalue weighted by atomic mass is 16.5. The largest absolute Gasteiger partial charge is 0.465 e. The molecule has 0 atom stereocenters. The molecule has 0 unspecified atom stereocenters. The van der Waals surface area contributed by atoms with Crippen molar-refractivity contribution in [1.82, 2.24) is 9.88 Å². The maximum atomic E-state index is 12.3. The summed E-state index contributed by atoms with van der Waals surface area (Å²) in [5, 5.41) is 4.90. The second-order valence-corrected chi connectivity index (χ2v) is 9.86. The minimum absolute atomic E-state index is 0.0111. The van der Waals surface area contributed by atoms with E-state index in [1.165, 1.54) is 7.11 Å². The zero-order chi connectivity index (χ0) is 27.9. The predicted molar refractivity (Wildman–Crippen MR) is 152 cm³/mol. The van der Waals surface area contributed by atoms with Crippen molar-refractivity contribution in [3.63, 3.8) is 0 Å². The number of unbranched alkanes of at least 4 members (excludes halogenated alkanes) is 3. The van der Waals surface area contributed by atoms with Crippen LogP contribution in [-0.4, -0.2) is 35.1 Å². The minimum Gasteiger partial charge on any atom is -0.465 e. The molecular formula is C32H34N2O5. The van der Waals surface area contributed by atoms with Gasteiger partial charge in [-0.05, 0) is 80.8 Å². The number of amides is 1. The van der Waals surface area contributed by atoms with Gasteiger partial charge >= 0.3 is 5.97 Å². The van der Waals surface area contributed by atoms with E-state index in [1.807, 2.05) is 48.5 Å². The van der Waals surface area contributed by atoms with E-state index in [1.54, 1.807) is 26.0 Å². The van der Waals surface area contributed by atoms with Crippen LogP contribution in [0, 0.1) is 0 Å². The van der Waals surface area contributed by atoms with Crippen LogP contribution < -0.4 is 5.32 Å². The molecule has 3 aromatic carbocycles. The monoisotopic (exact) mass is 526 g/mol. The zero-order valence-electron chi connectivity index (χ0n) is 22.7. The number of aromatic nitrogens is 1. The third-order valence-corrected chi connectivity index (χ3v) is 7.08. The second-order valence-electron chi connectivity index (χ2n) is 9.86. The summed E-state index contributed by atoms with van der Waals surface area (Å²) in [5.41, 5.74) is 4.82. The summed E-state index contributed by atoms with van der Waals surface area (Å²) in [5.74, 6) is -0.341. The Morgan fingerprint density at radius 2 is 1.26 bits per heavy atom. The van der Waals surface area contributed by atoms with Gasteiger partial charge in [0.15, 0.2) is 11.6 Å². The van der Waals surface area contributed by atoms with Crippen LogP contribution in [0.15, 0.2) is 60.7 Å². The Balaban J connectivity index is 1.29. The Hall–Kier alpha value is -4.26. The molecule has 7 heteroatoms. The topological polar surface area (TPSA) is 94.5 Å². The van der Waals surface area contributed by atoms with Crippen molar-refractivity contribution >= 4 is 45.2 Å². The third kappa shape index (κ3) is 6.60. The number of rotatable bonds is 12. The number of nitrogens with one attached hydrogen (secondary N) is 1. The van der Waals surface area contributed by atoms with Gasteiger partial charge in [0, 0.05) is 52.4 Å². The number of benzene rings is 3. The van der Waals surface area contributed by atoms with E-state index >= 15 is 0 Å². The van der Waals surface area contributed by atoms with Gasteiger partial charge in [-0.2, -0.15) is 0 Å². The maximum absolute atomic E-state index is 12.3. The molecule has 0 bridgehead atoms. The first-order valence-corrected chi connectivity index (χ1v) is 13.3. The molecule has 1 N–H and O–H groups in total. The van der Waals surface area contributed by atoms with Crippen molar-refractivity contribution in [3.05, 3.63) is 82.9 Å². The first-order chi connectivity index (χ1) is 18.8. The van der Waals surface area contributed by atoms with Crippen molar-refractivity contribution in [2.45, 2.75) is 59.0 Å². The van der Waals surface area contributed by atoms with Gasteiger partial charge in [-0.1, -0.05) is 25.0 Å². The van der Waals surface area contributed by atoms with Gasteiger partial charge in [0.25, 0.3) is 0 Å². The smallest absolute Gasteiger partial charge is 0.337 e. The van der Waals surface area contributed by atoms with Crippen molar-refractivity contribution in [2.24, 2.45) is 0 Å². The van der Waals surface area contributed by atoms with E-state index in [2.05, 4.69) is 9.88 Å². The highest BCUT2D eigenvalue weighted by Crippen LogP contribution is 2.31. The molecule has 0 aliphatic heterocycles. The molecular weight excluding hydrogens is 492 g/mol. The number of Topliss-reactive ketones (excluding diaryl/α,β-unsaturated/α-hetero) is 2. The molecule has 0 aliphatic carbocycles. The highest BCUT2D eigenvalue weighted by Gasteiger charge is 2.14. The Morgan fingerprint density at radius 3 is 1.79 bits per heavy atom. The molecule has 4 aromatic rings. The van der Waals surface area contributed by atoms with E-state index in [-0.39, 0.29) is 23.4 Å². The van der Waals surface area contributed by atoms with E-state index in [0.29, 0.717) is 29.7 Å². The van der Waals surface area contributed by atoms with Gasteiger partial charge in [0.05, 0.1) is 12.7 Å². The standard InChI is InChI=1S/C32H34N2O5/c1-21(35)25-13-15-29-27(18-25)28-19-26(22(2)36)14-16-30(28)34(29)17-7-5-4-6-8-31(37)33-20-23-9-11-24(12-10-23)32(38)39-3/h9-16,18-19H,4-8,17,20H2,1-3H3,(H,33,37). The molecule has 39 heavy (non-hydrogen) atoms. The van der Waals surface area contributed by atoms with E-state index in [4.69, 9.17) is 4.74 Å². The fraction of sp³-hybridized carbons (Fsp3) is 0.312. The Labute approximate surface area is 228 Å². The fourth-order valence-electron chi connectivity index (χ4n) is 4.86. The maximum Gasteiger partial charge on any atom is 0.337 e. The molecule has 0 radical (unpaired) electrons. The highest BCUT2D eigenvalue weighted by molar-refractivity contribution is 6.12. The van der Waals surface area contributed by atoms with Gasteiger partial charge in [-0.25, -0.2) is 4.79 Å². The number of aryl methyl sites for hydroxylation is 1. The first kappa shape index (κ1) is 27.8. The zero-order valence-corrected chi connectivity index (χ0v) is 22.7. The molecule has 7 nitrogen and oxygen atoms in total. The lowest BCUT2D eigenvalue weighted by molar-refractivity contribution is -0.121. The summed E-state index contributed by atoms with van der Waals surface area (Å²) in [6.45, 7) is 4.36. The van der Waals surface area contributed by atoms with Crippen LogP contribution >= 0.6 is 0 Å². The van der Waals surface area contributed by atoms with E-state index in [0.717, 1.165) is 59.6 Å². The van der Waals surface area contributed by atoms with Crippen molar-refractivity contribution in [2.75, 3.05) is 7.11 Å². The fourth-order valence-corrected chi connectivity index (χ4v) is 4.86. The van der Waals surface area contributed by atoms with Gasteiger partial charge in [0.2, 0.25) is 5.91 Å². The van der Waals surface area contributed by atoms with Crippen LogP contribution in [0.4, 0.5) is 0 Å².